The number of nitrogens with zero attached hydrogens (tertiary/aromatic N) is 2. The third-order valence-corrected chi connectivity index (χ3v) is 5.72. The van der Waals surface area contributed by atoms with Crippen LogP contribution in [0.1, 0.15) is 5.56 Å². The predicted molar refractivity (Wildman–Crippen MR) is 116 cm³/mol. The van der Waals surface area contributed by atoms with E-state index in [1.165, 1.54) is 0 Å². The van der Waals surface area contributed by atoms with Crippen LogP contribution in [0.2, 0.25) is 20.1 Å². The molecule has 2 aromatic rings. The van der Waals surface area contributed by atoms with E-state index in [4.69, 9.17) is 58.6 Å². The molecule has 1 aliphatic heterocycles. The molecular formula is C18H17Cl4N3S. The first-order valence-corrected chi connectivity index (χ1v) is 10.0. The van der Waals surface area contributed by atoms with Gasteiger partial charge >= 0.3 is 0 Å². The first-order valence-electron chi connectivity index (χ1n) is 8.09. The van der Waals surface area contributed by atoms with Gasteiger partial charge in [0.15, 0.2) is 5.11 Å². The zero-order valence-electron chi connectivity index (χ0n) is 13.8. The first kappa shape index (κ1) is 20.0. The number of benzene rings is 2. The van der Waals surface area contributed by atoms with Gasteiger partial charge in [-0.25, -0.2) is 0 Å². The fourth-order valence-electron chi connectivity index (χ4n) is 2.84. The maximum atomic E-state index is 6.27. The van der Waals surface area contributed by atoms with Gasteiger partial charge in [-0.05, 0) is 42.5 Å². The van der Waals surface area contributed by atoms with E-state index in [0.29, 0.717) is 25.2 Å². The fourth-order valence-corrected chi connectivity index (χ4v) is 4.19. The highest BCUT2D eigenvalue weighted by molar-refractivity contribution is 7.80. The van der Waals surface area contributed by atoms with Crippen LogP contribution < -0.4 is 5.32 Å². The molecule has 26 heavy (non-hydrogen) atoms. The lowest BCUT2D eigenvalue weighted by molar-refractivity contribution is 0.177. The van der Waals surface area contributed by atoms with Crippen LogP contribution >= 0.6 is 58.6 Å². The quantitative estimate of drug-likeness (QED) is 0.596. The molecule has 1 aliphatic rings. The highest BCUT2D eigenvalue weighted by atomic mass is 35.5. The molecule has 0 aliphatic carbocycles. The van der Waals surface area contributed by atoms with E-state index in [0.717, 1.165) is 44.0 Å². The topological polar surface area (TPSA) is 18.5 Å². The Hall–Kier alpha value is -0.750. The van der Waals surface area contributed by atoms with Gasteiger partial charge in [0.05, 0.1) is 0 Å². The molecule has 1 fully saturated rings. The minimum Gasteiger partial charge on any atom is -0.346 e. The van der Waals surface area contributed by atoms with Gasteiger partial charge in [-0.15, -0.1) is 0 Å². The Labute approximate surface area is 178 Å². The molecule has 1 heterocycles. The van der Waals surface area contributed by atoms with E-state index in [2.05, 4.69) is 15.1 Å². The van der Waals surface area contributed by atoms with Crippen LogP contribution in [-0.4, -0.2) is 41.1 Å². The van der Waals surface area contributed by atoms with Crippen molar-refractivity contribution in [3.05, 3.63) is 62.1 Å². The number of anilines is 1. The molecule has 0 bridgehead atoms. The van der Waals surface area contributed by atoms with Crippen LogP contribution in [0.3, 0.4) is 0 Å². The van der Waals surface area contributed by atoms with Gasteiger partial charge in [0, 0.05) is 64.1 Å². The summed E-state index contributed by atoms with van der Waals surface area (Å²) in [6.45, 7) is 4.13. The van der Waals surface area contributed by atoms with Crippen LogP contribution in [0, 0.1) is 0 Å². The molecule has 0 radical (unpaired) electrons. The minimum atomic E-state index is 0.573. The van der Waals surface area contributed by atoms with Crippen molar-refractivity contribution in [3.63, 3.8) is 0 Å². The lowest BCUT2D eigenvalue weighted by Crippen LogP contribution is -2.49. The molecule has 2 aromatic carbocycles. The molecule has 1 N–H and O–H groups in total. The largest absolute Gasteiger partial charge is 0.346 e. The van der Waals surface area contributed by atoms with Crippen LogP contribution in [0.15, 0.2) is 36.4 Å². The van der Waals surface area contributed by atoms with E-state index in [1.807, 2.05) is 18.2 Å². The lowest BCUT2D eigenvalue weighted by atomic mass is 10.2. The predicted octanol–water partition coefficient (Wildman–Crippen LogP) is 5.81. The molecule has 0 amide bonds. The van der Waals surface area contributed by atoms with Gasteiger partial charge in [-0.2, -0.15) is 0 Å². The molecule has 0 spiro atoms. The molecule has 0 unspecified atom stereocenters. The number of hydrogen-bond donors (Lipinski definition) is 1. The molecular weight excluding hydrogens is 432 g/mol. The van der Waals surface area contributed by atoms with E-state index in [-0.39, 0.29) is 0 Å². The Morgan fingerprint density at radius 1 is 0.923 bits per heavy atom. The van der Waals surface area contributed by atoms with E-state index < -0.39 is 0 Å². The number of rotatable bonds is 3. The van der Waals surface area contributed by atoms with Crippen molar-refractivity contribution in [2.45, 2.75) is 6.54 Å². The minimum absolute atomic E-state index is 0.573. The summed E-state index contributed by atoms with van der Waals surface area (Å²) in [5, 5.41) is 6.42. The summed E-state index contributed by atoms with van der Waals surface area (Å²) in [5.74, 6) is 0. The average molecular weight is 449 g/mol. The summed E-state index contributed by atoms with van der Waals surface area (Å²) < 4.78 is 0. The number of halogens is 4. The van der Waals surface area contributed by atoms with Crippen molar-refractivity contribution in [1.82, 2.24) is 9.80 Å². The molecule has 0 atom stereocenters. The summed E-state index contributed by atoms with van der Waals surface area (Å²) in [6.07, 6.45) is 0. The third kappa shape index (κ3) is 5.16. The zero-order chi connectivity index (χ0) is 18.7. The number of thiocarbonyl (C=S) groups is 1. The van der Waals surface area contributed by atoms with Crippen LogP contribution in [0.5, 0.6) is 0 Å². The Kier molecular flexibility index (Phi) is 6.89. The van der Waals surface area contributed by atoms with Gasteiger partial charge in [0.2, 0.25) is 0 Å². The Morgan fingerprint density at radius 2 is 1.50 bits per heavy atom. The summed E-state index contributed by atoms with van der Waals surface area (Å²) >= 11 is 30.1. The standard InChI is InChI=1S/C18H17Cl4N3S/c19-12-8-13(20)10-14(9-12)23-18(26)25-6-4-24(5-7-25)11-15-16(21)2-1-3-17(15)22/h1-3,8-10H,4-7,11H2,(H,23,26). The SMILES string of the molecule is S=C(Nc1cc(Cl)cc(Cl)c1)N1CCN(Cc2c(Cl)cccc2Cl)CC1. The fraction of sp³-hybridized carbons (Fsp3) is 0.278. The van der Waals surface area contributed by atoms with Gasteiger partial charge in [-0.3, -0.25) is 4.90 Å². The van der Waals surface area contributed by atoms with Gasteiger partial charge in [-0.1, -0.05) is 52.5 Å². The van der Waals surface area contributed by atoms with Crippen molar-refractivity contribution in [2.75, 3.05) is 31.5 Å². The molecule has 0 aromatic heterocycles. The Balaban J connectivity index is 1.55. The summed E-state index contributed by atoms with van der Waals surface area (Å²) in [5.41, 5.74) is 1.76. The van der Waals surface area contributed by atoms with Crippen molar-refractivity contribution >= 4 is 69.4 Å². The van der Waals surface area contributed by atoms with Crippen molar-refractivity contribution < 1.29 is 0 Å². The van der Waals surface area contributed by atoms with E-state index >= 15 is 0 Å². The molecule has 0 saturated carbocycles. The highest BCUT2D eigenvalue weighted by Crippen LogP contribution is 2.26. The molecule has 138 valence electrons. The summed E-state index contributed by atoms with van der Waals surface area (Å²) in [7, 11) is 0. The second-order valence-electron chi connectivity index (χ2n) is 6.05. The van der Waals surface area contributed by atoms with Gasteiger partial charge in [0.1, 0.15) is 0 Å². The van der Waals surface area contributed by atoms with E-state index in [9.17, 15) is 0 Å². The number of piperazine rings is 1. The summed E-state index contributed by atoms with van der Waals surface area (Å²) in [4.78, 5) is 4.46. The molecule has 3 rings (SSSR count). The monoisotopic (exact) mass is 447 g/mol. The van der Waals surface area contributed by atoms with Crippen LogP contribution in [0.4, 0.5) is 5.69 Å². The number of nitrogens with one attached hydrogen (secondary N) is 1. The molecule has 3 nitrogen and oxygen atoms in total. The second kappa shape index (κ2) is 8.96. The number of hydrogen-bond acceptors (Lipinski definition) is 2. The smallest absolute Gasteiger partial charge is 0.173 e. The maximum absolute atomic E-state index is 6.27. The third-order valence-electron chi connectivity index (χ3n) is 4.22. The first-order chi connectivity index (χ1) is 12.4. The van der Waals surface area contributed by atoms with Crippen LogP contribution in [-0.2, 0) is 6.54 Å². The van der Waals surface area contributed by atoms with E-state index in [1.54, 1.807) is 18.2 Å². The normalized spacial score (nSPS) is 15.2. The van der Waals surface area contributed by atoms with Crippen molar-refractivity contribution in [1.29, 1.82) is 0 Å². The van der Waals surface area contributed by atoms with Gasteiger partial charge < -0.3 is 10.2 Å². The van der Waals surface area contributed by atoms with Crippen LogP contribution in [0.25, 0.3) is 0 Å². The average Bonchev–Trinajstić information content (AvgIpc) is 2.58. The lowest BCUT2D eigenvalue weighted by Gasteiger charge is -2.36. The highest BCUT2D eigenvalue weighted by Gasteiger charge is 2.20. The molecule has 8 heteroatoms. The van der Waals surface area contributed by atoms with Gasteiger partial charge in [0.25, 0.3) is 0 Å². The van der Waals surface area contributed by atoms with Crippen molar-refractivity contribution in [3.8, 4) is 0 Å². The maximum Gasteiger partial charge on any atom is 0.173 e. The Bertz CT molecular complexity index is 767. The second-order valence-corrected chi connectivity index (χ2v) is 8.13. The summed E-state index contributed by atoms with van der Waals surface area (Å²) in [6, 6.07) is 10.9. The Morgan fingerprint density at radius 3 is 2.08 bits per heavy atom. The van der Waals surface area contributed by atoms with Crippen molar-refractivity contribution in [2.24, 2.45) is 0 Å². The molecule has 1 saturated heterocycles. The zero-order valence-corrected chi connectivity index (χ0v) is 17.7.